The largest absolute Gasteiger partial charge is 0.287 e. The zero-order valence-electron chi connectivity index (χ0n) is 4.00. The van der Waals surface area contributed by atoms with Gasteiger partial charge in [-0.3, -0.25) is 9.98 Å². The Kier molecular flexibility index (Phi) is 1.07. The van der Waals surface area contributed by atoms with E-state index in [1.165, 1.54) is 18.7 Å². The van der Waals surface area contributed by atoms with Crippen LogP contribution in [0.1, 0.15) is 0 Å². The summed E-state index contributed by atoms with van der Waals surface area (Å²) in [5.74, 6) is 0. The first-order valence-corrected chi connectivity index (χ1v) is 2.03. The van der Waals surface area contributed by atoms with E-state index in [9.17, 15) is 4.39 Å². The lowest BCUT2D eigenvalue weighted by Gasteiger charge is -1.86. The molecule has 0 fully saturated rings. The fraction of sp³-hybridized carbons (Fsp3) is 0. The third-order valence-electron chi connectivity index (χ3n) is 0.731. The molecular formula is C4H4FN3. The highest BCUT2D eigenvalue weighted by atomic mass is 19.1. The smallest absolute Gasteiger partial charge is 0.267 e. The van der Waals surface area contributed by atoms with Crippen molar-refractivity contribution in [3.05, 3.63) is 18.7 Å². The Labute approximate surface area is 45.3 Å². The Balaban J connectivity index is 2.93. The van der Waals surface area contributed by atoms with Crippen molar-refractivity contribution in [3.63, 3.8) is 0 Å². The first kappa shape index (κ1) is 4.96. The highest BCUT2D eigenvalue weighted by molar-refractivity contribution is 5.70. The van der Waals surface area contributed by atoms with E-state index in [4.69, 9.17) is 5.41 Å². The molecule has 1 N–H and O–H groups in total. The number of hydrogen-bond donors (Lipinski definition) is 1. The molecular weight excluding hydrogens is 109 g/mol. The zero-order chi connectivity index (χ0) is 5.98. The summed E-state index contributed by atoms with van der Waals surface area (Å²) >= 11 is 0. The van der Waals surface area contributed by atoms with E-state index in [1.54, 1.807) is 0 Å². The van der Waals surface area contributed by atoms with Crippen LogP contribution in [0.4, 0.5) is 4.39 Å². The van der Waals surface area contributed by atoms with Crippen molar-refractivity contribution in [1.29, 1.82) is 5.41 Å². The number of rotatable bonds is 0. The summed E-state index contributed by atoms with van der Waals surface area (Å²) in [4.78, 5) is 3.53. The molecule has 0 spiro atoms. The van der Waals surface area contributed by atoms with Gasteiger partial charge in [0.25, 0.3) is 6.09 Å². The molecule has 0 aliphatic carbocycles. The number of hydrogen-bond acceptors (Lipinski definition) is 2. The molecule has 0 saturated heterocycles. The van der Waals surface area contributed by atoms with Crippen molar-refractivity contribution in [2.24, 2.45) is 0 Å². The van der Waals surface area contributed by atoms with Crippen LogP contribution in [0.2, 0.25) is 0 Å². The first-order valence-electron chi connectivity index (χ1n) is 2.03. The second-order valence-electron chi connectivity index (χ2n) is 1.26. The monoisotopic (exact) mass is 113 g/mol. The summed E-state index contributed by atoms with van der Waals surface area (Å²) in [6, 6.07) is 0. The van der Waals surface area contributed by atoms with Crippen molar-refractivity contribution in [2.75, 3.05) is 0 Å². The average molecular weight is 113 g/mol. The maximum absolute atomic E-state index is 11.8. The van der Waals surface area contributed by atoms with Crippen molar-refractivity contribution in [3.8, 4) is 0 Å². The lowest BCUT2D eigenvalue weighted by atomic mass is 10.9. The lowest BCUT2D eigenvalue weighted by Crippen LogP contribution is -1.98. The third-order valence-corrected chi connectivity index (χ3v) is 0.731. The van der Waals surface area contributed by atoms with Crippen molar-refractivity contribution in [1.82, 2.24) is 9.55 Å². The van der Waals surface area contributed by atoms with Crippen molar-refractivity contribution >= 4 is 6.09 Å². The minimum Gasteiger partial charge on any atom is -0.267 e. The van der Waals surface area contributed by atoms with Crippen LogP contribution in [-0.2, 0) is 0 Å². The molecule has 1 aromatic heterocycles. The molecule has 0 saturated carbocycles. The van der Waals surface area contributed by atoms with Gasteiger partial charge in [0.2, 0.25) is 0 Å². The van der Waals surface area contributed by atoms with Gasteiger partial charge in [-0.15, -0.1) is 0 Å². The van der Waals surface area contributed by atoms with E-state index in [0.717, 1.165) is 4.57 Å². The Bertz CT molecular complexity index is 179. The molecule has 0 radical (unpaired) electrons. The van der Waals surface area contributed by atoms with E-state index < -0.39 is 6.09 Å². The van der Waals surface area contributed by atoms with Gasteiger partial charge in [0.05, 0.1) is 0 Å². The van der Waals surface area contributed by atoms with E-state index in [-0.39, 0.29) is 0 Å². The number of nitrogens with zero attached hydrogens (tertiary/aromatic N) is 2. The number of halogens is 1. The molecule has 0 aliphatic rings. The quantitative estimate of drug-likeness (QED) is 0.389. The summed E-state index contributed by atoms with van der Waals surface area (Å²) < 4.78 is 12.7. The minimum absolute atomic E-state index is 0.972. The highest BCUT2D eigenvalue weighted by Gasteiger charge is 1.90. The number of aromatic nitrogens is 2. The predicted octanol–water partition coefficient (Wildman–Crippen LogP) is 0.635. The molecule has 0 aromatic carbocycles. The first-order chi connectivity index (χ1) is 3.80. The van der Waals surface area contributed by atoms with Gasteiger partial charge in [-0.1, -0.05) is 0 Å². The van der Waals surface area contributed by atoms with Gasteiger partial charge in [-0.05, 0) is 0 Å². The summed E-state index contributed by atoms with van der Waals surface area (Å²) in [6.07, 6.45) is 2.99. The van der Waals surface area contributed by atoms with Crippen LogP contribution in [0, 0.1) is 5.41 Å². The Morgan fingerprint density at radius 1 is 1.75 bits per heavy atom. The zero-order valence-corrected chi connectivity index (χ0v) is 4.00. The topological polar surface area (TPSA) is 41.7 Å². The normalized spacial score (nSPS) is 9.12. The van der Waals surface area contributed by atoms with Crippen LogP contribution < -0.4 is 0 Å². The molecule has 1 heterocycles. The van der Waals surface area contributed by atoms with Crippen LogP contribution in [0.5, 0.6) is 0 Å². The van der Waals surface area contributed by atoms with Crippen LogP contribution in [0.15, 0.2) is 18.7 Å². The van der Waals surface area contributed by atoms with Gasteiger partial charge >= 0.3 is 0 Å². The minimum atomic E-state index is -1.01. The molecule has 1 aromatic rings. The predicted molar refractivity (Wildman–Crippen MR) is 26.5 cm³/mol. The van der Waals surface area contributed by atoms with Crippen LogP contribution in [0.3, 0.4) is 0 Å². The fourth-order valence-corrected chi connectivity index (χ4v) is 0.375. The van der Waals surface area contributed by atoms with E-state index in [0.29, 0.717) is 0 Å². The second-order valence-corrected chi connectivity index (χ2v) is 1.26. The molecule has 0 unspecified atom stereocenters. The summed E-state index contributed by atoms with van der Waals surface area (Å²) in [5, 5.41) is 6.41. The molecule has 0 amide bonds. The van der Waals surface area contributed by atoms with Crippen molar-refractivity contribution in [2.45, 2.75) is 0 Å². The van der Waals surface area contributed by atoms with E-state index >= 15 is 0 Å². The number of imidazole rings is 1. The maximum Gasteiger partial charge on any atom is 0.287 e. The summed E-state index contributed by atoms with van der Waals surface area (Å²) in [6.45, 7) is 0. The molecule has 0 atom stereocenters. The standard InChI is InChI=1S/C4H4FN3/c5-4(6)8-2-1-7-3-8/h1-3,6H. The molecule has 0 aliphatic heterocycles. The van der Waals surface area contributed by atoms with Gasteiger partial charge in [0.15, 0.2) is 0 Å². The summed E-state index contributed by atoms with van der Waals surface area (Å²) in [7, 11) is 0. The number of nitrogens with one attached hydrogen (secondary N) is 1. The lowest BCUT2D eigenvalue weighted by molar-refractivity contribution is 0.735. The summed E-state index contributed by atoms with van der Waals surface area (Å²) in [5.41, 5.74) is 0. The molecule has 0 bridgehead atoms. The fourth-order valence-electron chi connectivity index (χ4n) is 0.375. The highest BCUT2D eigenvalue weighted by Crippen LogP contribution is 1.84. The van der Waals surface area contributed by atoms with Crippen LogP contribution in [-0.4, -0.2) is 15.6 Å². The molecule has 1 rings (SSSR count). The Hall–Kier alpha value is -1.19. The molecule has 4 heteroatoms. The van der Waals surface area contributed by atoms with Gasteiger partial charge in [0, 0.05) is 12.4 Å². The van der Waals surface area contributed by atoms with Gasteiger partial charge in [-0.25, -0.2) is 4.98 Å². The third kappa shape index (κ3) is 0.726. The van der Waals surface area contributed by atoms with E-state index in [1.807, 2.05) is 0 Å². The Morgan fingerprint density at radius 2 is 2.50 bits per heavy atom. The molecule has 42 valence electrons. The average Bonchev–Trinajstić information content (AvgIpc) is 2.12. The van der Waals surface area contributed by atoms with Gasteiger partial charge in [-0.2, -0.15) is 4.39 Å². The van der Waals surface area contributed by atoms with Crippen molar-refractivity contribution < 1.29 is 4.39 Å². The molecule has 8 heavy (non-hydrogen) atoms. The Morgan fingerprint density at radius 3 is 2.75 bits per heavy atom. The maximum atomic E-state index is 11.8. The second kappa shape index (κ2) is 1.73. The SMILES string of the molecule is N=C(F)n1ccnc1. The van der Waals surface area contributed by atoms with Gasteiger partial charge < -0.3 is 0 Å². The van der Waals surface area contributed by atoms with Gasteiger partial charge in [0.1, 0.15) is 6.33 Å². The van der Waals surface area contributed by atoms with Crippen LogP contribution in [0.25, 0.3) is 0 Å². The van der Waals surface area contributed by atoms with Crippen LogP contribution >= 0.6 is 0 Å². The van der Waals surface area contributed by atoms with E-state index in [2.05, 4.69) is 4.98 Å². The molecule has 3 nitrogen and oxygen atoms in total.